The zero-order valence-corrected chi connectivity index (χ0v) is 16.6. The second-order valence-corrected chi connectivity index (χ2v) is 7.51. The number of likely N-dealkylation sites (N-methyl/N-ethyl adjacent to an activating group) is 1. The highest BCUT2D eigenvalue weighted by Gasteiger charge is 2.45. The van der Waals surface area contributed by atoms with E-state index >= 15 is 0 Å². The molecule has 2 aromatic carbocycles. The molecule has 29 heavy (non-hydrogen) atoms. The molecule has 0 radical (unpaired) electrons. The van der Waals surface area contributed by atoms with E-state index < -0.39 is 11.4 Å². The highest BCUT2D eigenvalue weighted by atomic mass is 16.4. The minimum Gasteiger partial charge on any atom is -0.481 e. The number of hydrogen-bond acceptors (Lipinski definition) is 3. The zero-order chi connectivity index (χ0) is 20.9. The fourth-order valence-electron chi connectivity index (χ4n) is 3.67. The monoisotopic (exact) mass is 394 g/mol. The van der Waals surface area contributed by atoms with Crippen LogP contribution in [0.5, 0.6) is 0 Å². The summed E-state index contributed by atoms with van der Waals surface area (Å²) in [5.41, 5.74) is 1.41. The number of benzene rings is 2. The van der Waals surface area contributed by atoms with Crippen LogP contribution >= 0.6 is 0 Å². The van der Waals surface area contributed by atoms with E-state index in [0.29, 0.717) is 25.1 Å². The standard InChI is InChI=1S/C23H26N2O4/c1-2-25(19-7-4-3-5-8-19)21(27)15-17-9-11-18(12-10-17)24-20(26)16-23(22(28)29)13-6-14-23/h3-5,7-12H,2,6,13-16H2,1H3,(H,24,26)(H,28,29). The van der Waals surface area contributed by atoms with Gasteiger partial charge in [0.15, 0.2) is 0 Å². The van der Waals surface area contributed by atoms with Gasteiger partial charge in [0.25, 0.3) is 0 Å². The van der Waals surface area contributed by atoms with Crippen molar-refractivity contribution in [3.05, 3.63) is 60.2 Å². The van der Waals surface area contributed by atoms with Gasteiger partial charge in [-0.25, -0.2) is 0 Å². The minimum absolute atomic E-state index is 0.00358. The van der Waals surface area contributed by atoms with Gasteiger partial charge >= 0.3 is 5.97 Å². The number of nitrogens with zero attached hydrogens (tertiary/aromatic N) is 1. The Kier molecular flexibility index (Phi) is 6.32. The smallest absolute Gasteiger partial charge is 0.310 e. The number of anilines is 2. The third-order valence-corrected chi connectivity index (χ3v) is 5.54. The van der Waals surface area contributed by atoms with Crippen LogP contribution in [0.4, 0.5) is 11.4 Å². The van der Waals surface area contributed by atoms with E-state index in [1.807, 2.05) is 49.4 Å². The summed E-state index contributed by atoms with van der Waals surface area (Å²) >= 11 is 0. The number of para-hydroxylation sites is 1. The Hall–Kier alpha value is -3.15. The minimum atomic E-state index is -0.905. The van der Waals surface area contributed by atoms with Crippen LogP contribution in [0.15, 0.2) is 54.6 Å². The average Bonchev–Trinajstić information content (AvgIpc) is 2.67. The van der Waals surface area contributed by atoms with Gasteiger partial charge in [-0.2, -0.15) is 0 Å². The first-order chi connectivity index (χ1) is 13.9. The molecule has 0 unspecified atom stereocenters. The lowest BCUT2D eigenvalue weighted by atomic mass is 9.66. The molecule has 0 heterocycles. The van der Waals surface area contributed by atoms with Crippen molar-refractivity contribution < 1.29 is 19.5 Å². The number of hydrogen-bond donors (Lipinski definition) is 2. The Morgan fingerprint density at radius 3 is 2.21 bits per heavy atom. The molecule has 2 N–H and O–H groups in total. The number of rotatable bonds is 8. The zero-order valence-electron chi connectivity index (χ0n) is 16.6. The summed E-state index contributed by atoms with van der Waals surface area (Å²) < 4.78 is 0. The summed E-state index contributed by atoms with van der Waals surface area (Å²) in [6.45, 7) is 2.53. The van der Waals surface area contributed by atoms with Crippen molar-refractivity contribution >= 4 is 29.2 Å². The topological polar surface area (TPSA) is 86.7 Å². The van der Waals surface area contributed by atoms with Crippen LogP contribution in [0.3, 0.4) is 0 Å². The maximum Gasteiger partial charge on any atom is 0.310 e. The van der Waals surface area contributed by atoms with Crippen molar-refractivity contribution in [3.8, 4) is 0 Å². The summed E-state index contributed by atoms with van der Waals surface area (Å²) in [4.78, 5) is 38.0. The summed E-state index contributed by atoms with van der Waals surface area (Å²) in [5, 5.41) is 12.1. The number of amides is 2. The van der Waals surface area contributed by atoms with E-state index in [4.69, 9.17) is 0 Å². The highest BCUT2D eigenvalue weighted by Crippen LogP contribution is 2.44. The third-order valence-electron chi connectivity index (χ3n) is 5.54. The molecule has 0 atom stereocenters. The Bertz CT molecular complexity index is 874. The molecular formula is C23H26N2O4. The lowest BCUT2D eigenvalue weighted by Gasteiger charge is -2.36. The predicted molar refractivity (Wildman–Crippen MR) is 112 cm³/mol. The van der Waals surface area contributed by atoms with Crippen molar-refractivity contribution in [1.82, 2.24) is 0 Å². The Morgan fingerprint density at radius 1 is 1.03 bits per heavy atom. The fourth-order valence-corrected chi connectivity index (χ4v) is 3.67. The molecule has 0 bridgehead atoms. The summed E-state index contributed by atoms with van der Waals surface area (Å²) in [6, 6.07) is 16.6. The van der Waals surface area contributed by atoms with Gasteiger partial charge < -0.3 is 15.3 Å². The van der Waals surface area contributed by atoms with Crippen LogP contribution in [0, 0.1) is 5.41 Å². The Labute approximate surface area is 170 Å². The highest BCUT2D eigenvalue weighted by molar-refractivity contribution is 5.96. The number of aliphatic carboxylic acids is 1. The largest absolute Gasteiger partial charge is 0.481 e. The molecule has 1 aliphatic rings. The van der Waals surface area contributed by atoms with E-state index in [1.165, 1.54) is 0 Å². The van der Waals surface area contributed by atoms with Gasteiger partial charge in [-0.15, -0.1) is 0 Å². The lowest BCUT2D eigenvalue weighted by Crippen LogP contribution is -2.41. The average molecular weight is 394 g/mol. The fraction of sp³-hybridized carbons (Fsp3) is 0.348. The molecule has 1 fully saturated rings. The van der Waals surface area contributed by atoms with Crippen molar-refractivity contribution in [3.63, 3.8) is 0 Å². The molecule has 6 heteroatoms. The molecule has 3 rings (SSSR count). The maximum atomic E-state index is 12.7. The maximum absolute atomic E-state index is 12.7. The molecule has 0 spiro atoms. The quantitative estimate of drug-likeness (QED) is 0.712. The predicted octanol–water partition coefficient (Wildman–Crippen LogP) is 3.87. The van der Waals surface area contributed by atoms with E-state index in [-0.39, 0.29) is 24.7 Å². The van der Waals surface area contributed by atoms with E-state index in [9.17, 15) is 19.5 Å². The van der Waals surface area contributed by atoms with Crippen LogP contribution in [-0.4, -0.2) is 29.4 Å². The molecule has 0 saturated heterocycles. The number of carbonyl (C=O) groups excluding carboxylic acids is 2. The van der Waals surface area contributed by atoms with Crippen LogP contribution in [0.2, 0.25) is 0 Å². The number of carboxylic acid groups (broad SMARTS) is 1. The van der Waals surface area contributed by atoms with Crippen LogP contribution < -0.4 is 10.2 Å². The summed E-state index contributed by atoms with van der Waals surface area (Å²) in [5.74, 6) is -1.19. The molecule has 152 valence electrons. The molecule has 2 amide bonds. The third kappa shape index (κ3) is 4.83. The van der Waals surface area contributed by atoms with Crippen LogP contribution in [0.1, 0.15) is 38.2 Å². The molecule has 0 aliphatic heterocycles. The first kappa shape index (κ1) is 20.6. The lowest BCUT2D eigenvalue weighted by molar-refractivity contribution is -0.157. The van der Waals surface area contributed by atoms with Gasteiger partial charge in [-0.3, -0.25) is 14.4 Å². The van der Waals surface area contributed by atoms with Crippen LogP contribution in [-0.2, 0) is 20.8 Å². The van der Waals surface area contributed by atoms with Gasteiger partial charge in [0.05, 0.1) is 11.8 Å². The molecular weight excluding hydrogens is 368 g/mol. The second-order valence-electron chi connectivity index (χ2n) is 7.51. The SMILES string of the molecule is CCN(C(=O)Cc1ccc(NC(=O)CC2(C(=O)O)CCC2)cc1)c1ccccc1. The first-order valence-corrected chi connectivity index (χ1v) is 9.91. The second kappa shape index (κ2) is 8.90. The van der Waals surface area contributed by atoms with E-state index in [1.54, 1.807) is 17.0 Å². The van der Waals surface area contributed by atoms with Crippen molar-refractivity contribution in [2.24, 2.45) is 5.41 Å². The van der Waals surface area contributed by atoms with E-state index in [2.05, 4.69) is 5.32 Å². The van der Waals surface area contributed by atoms with Gasteiger partial charge in [0.1, 0.15) is 0 Å². The number of nitrogens with one attached hydrogen (secondary N) is 1. The van der Waals surface area contributed by atoms with Gasteiger partial charge in [-0.1, -0.05) is 36.8 Å². The molecule has 1 saturated carbocycles. The van der Waals surface area contributed by atoms with Gasteiger partial charge in [0, 0.05) is 24.3 Å². The van der Waals surface area contributed by atoms with Gasteiger partial charge in [-0.05, 0) is 49.6 Å². The Balaban J connectivity index is 1.58. The summed E-state index contributed by atoms with van der Waals surface area (Å²) in [6.07, 6.45) is 2.20. The Morgan fingerprint density at radius 2 is 1.69 bits per heavy atom. The molecule has 6 nitrogen and oxygen atoms in total. The van der Waals surface area contributed by atoms with Crippen molar-refractivity contribution in [2.45, 2.75) is 39.0 Å². The van der Waals surface area contributed by atoms with Crippen molar-refractivity contribution in [2.75, 3.05) is 16.8 Å². The molecule has 2 aromatic rings. The first-order valence-electron chi connectivity index (χ1n) is 9.91. The molecule has 0 aromatic heterocycles. The number of carboxylic acids is 1. The molecule has 1 aliphatic carbocycles. The van der Waals surface area contributed by atoms with Crippen LogP contribution in [0.25, 0.3) is 0 Å². The summed E-state index contributed by atoms with van der Waals surface area (Å²) in [7, 11) is 0. The number of carbonyl (C=O) groups is 3. The normalized spacial score (nSPS) is 14.5. The van der Waals surface area contributed by atoms with Crippen molar-refractivity contribution in [1.29, 1.82) is 0 Å². The van der Waals surface area contributed by atoms with Gasteiger partial charge in [0.2, 0.25) is 11.8 Å². The van der Waals surface area contributed by atoms with E-state index in [0.717, 1.165) is 17.7 Å².